The minimum absolute atomic E-state index is 0.0294. The van der Waals surface area contributed by atoms with Crippen molar-refractivity contribution in [3.8, 4) is 11.5 Å². The number of hydrogen-bond donors (Lipinski definition) is 1. The molecule has 0 radical (unpaired) electrons. The van der Waals surface area contributed by atoms with Crippen molar-refractivity contribution in [1.82, 2.24) is 10.2 Å². The summed E-state index contributed by atoms with van der Waals surface area (Å²) in [5, 5.41) is 2.62. The summed E-state index contributed by atoms with van der Waals surface area (Å²) >= 11 is 0. The minimum atomic E-state index is -4.18. The van der Waals surface area contributed by atoms with Crippen LogP contribution in [0.15, 0.2) is 83.8 Å². The number of nitrogens with one attached hydrogen (secondary N) is 1. The van der Waals surface area contributed by atoms with Gasteiger partial charge in [-0.05, 0) is 55.3 Å². The van der Waals surface area contributed by atoms with Gasteiger partial charge < -0.3 is 19.7 Å². The molecule has 3 aromatic carbocycles. The first-order chi connectivity index (χ1) is 18.8. The van der Waals surface area contributed by atoms with E-state index in [2.05, 4.69) is 5.32 Å². The molecule has 0 fully saturated rings. The number of carbonyl (C=O) groups excluding carboxylic acids is 2. The van der Waals surface area contributed by atoms with E-state index in [0.717, 1.165) is 9.87 Å². The zero-order valence-corrected chi connectivity index (χ0v) is 23.5. The van der Waals surface area contributed by atoms with Gasteiger partial charge in [-0.15, -0.1) is 0 Å². The molecule has 2 amide bonds. The van der Waals surface area contributed by atoms with Gasteiger partial charge in [0, 0.05) is 13.6 Å². The molecule has 0 bridgehead atoms. The highest BCUT2D eigenvalue weighted by Crippen LogP contribution is 2.33. The topological polar surface area (TPSA) is 105 Å². The maximum Gasteiger partial charge on any atom is 0.264 e. The molecule has 10 heteroatoms. The number of para-hydroxylation sites is 2. The van der Waals surface area contributed by atoms with Crippen molar-refractivity contribution < 1.29 is 27.5 Å². The van der Waals surface area contributed by atoms with Crippen LogP contribution in [0.3, 0.4) is 0 Å². The summed E-state index contributed by atoms with van der Waals surface area (Å²) in [5.74, 6) is 0.0387. The van der Waals surface area contributed by atoms with E-state index < -0.39 is 28.5 Å². The normalized spacial score (nSPS) is 11.8. The predicted octanol–water partition coefficient (Wildman–Crippen LogP) is 3.84. The lowest BCUT2D eigenvalue weighted by molar-refractivity contribution is -0.140. The van der Waals surface area contributed by atoms with Crippen molar-refractivity contribution in [3.05, 3.63) is 84.4 Å². The molecule has 0 aromatic heterocycles. The van der Waals surface area contributed by atoms with Crippen LogP contribution in [-0.4, -0.2) is 58.5 Å². The van der Waals surface area contributed by atoms with Crippen LogP contribution in [0.4, 0.5) is 5.69 Å². The molecule has 0 saturated heterocycles. The number of benzene rings is 3. The Kier molecular flexibility index (Phi) is 10.3. The lowest BCUT2D eigenvalue weighted by Crippen LogP contribution is -2.51. The quantitative estimate of drug-likeness (QED) is 0.345. The molecule has 1 N–H and O–H groups in total. The van der Waals surface area contributed by atoms with Crippen LogP contribution >= 0.6 is 0 Å². The monoisotopic (exact) mass is 553 g/mol. The number of sulfonamides is 1. The Morgan fingerprint density at radius 2 is 1.64 bits per heavy atom. The SMILES string of the molecule is CCOc1ccccc1N(CC(=O)N(Cc1cccc(OC)c1)[C@H](CC)C(=O)NC)S(=O)(=O)c1ccccc1. The molecular formula is C29H35N3O6S. The summed E-state index contributed by atoms with van der Waals surface area (Å²) in [5.41, 5.74) is 0.961. The Morgan fingerprint density at radius 3 is 2.28 bits per heavy atom. The van der Waals surface area contributed by atoms with E-state index in [0.29, 0.717) is 24.5 Å². The summed E-state index contributed by atoms with van der Waals surface area (Å²) in [6.07, 6.45) is 0.330. The first-order valence-electron chi connectivity index (χ1n) is 12.7. The van der Waals surface area contributed by atoms with Gasteiger partial charge in [0.05, 0.1) is 24.3 Å². The minimum Gasteiger partial charge on any atom is -0.497 e. The van der Waals surface area contributed by atoms with Crippen molar-refractivity contribution in [1.29, 1.82) is 0 Å². The van der Waals surface area contributed by atoms with Crippen LogP contribution in [0.2, 0.25) is 0 Å². The molecule has 1 atom stereocenters. The molecule has 0 aliphatic heterocycles. The number of carbonyl (C=O) groups is 2. The molecule has 3 aromatic rings. The van der Waals surface area contributed by atoms with Crippen LogP contribution in [-0.2, 0) is 26.2 Å². The fraction of sp³-hybridized carbons (Fsp3) is 0.310. The van der Waals surface area contributed by atoms with Crippen molar-refractivity contribution in [2.45, 2.75) is 37.8 Å². The summed E-state index contributed by atoms with van der Waals surface area (Å²) in [4.78, 5) is 28.3. The summed E-state index contributed by atoms with van der Waals surface area (Å²) < 4.78 is 39.9. The van der Waals surface area contributed by atoms with Gasteiger partial charge in [-0.2, -0.15) is 0 Å². The van der Waals surface area contributed by atoms with E-state index in [1.54, 1.807) is 81.6 Å². The fourth-order valence-corrected chi connectivity index (χ4v) is 5.67. The maximum atomic E-state index is 14.0. The highest BCUT2D eigenvalue weighted by atomic mass is 32.2. The van der Waals surface area contributed by atoms with Gasteiger partial charge in [-0.3, -0.25) is 13.9 Å². The first-order valence-corrected chi connectivity index (χ1v) is 14.1. The highest BCUT2D eigenvalue weighted by molar-refractivity contribution is 7.92. The molecule has 0 unspecified atom stereocenters. The second-order valence-electron chi connectivity index (χ2n) is 8.64. The van der Waals surface area contributed by atoms with Crippen LogP contribution in [0.1, 0.15) is 25.8 Å². The number of likely N-dealkylation sites (N-methyl/N-ethyl adjacent to an activating group) is 1. The molecule has 3 rings (SSSR count). The molecular weight excluding hydrogens is 518 g/mol. The number of hydrogen-bond acceptors (Lipinski definition) is 6. The lowest BCUT2D eigenvalue weighted by Gasteiger charge is -2.33. The summed E-state index contributed by atoms with van der Waals surface area (Å²) in [6.45, 7) is 3.44. The number of methoxy groups -OCH3 is 1. The Balaban J connectivity index is 2.10. The Morgan fingerprint density at radius 1 is 0.949 bits per heavy atom. The average Bonchev–Trinajstić information content (AvgIpc) is 2.96. The largest absolute Gasteiger partial charge is 0.497 e. The summed E-state index contributed by atoms with van der Waals surface area (Å²) in [6, 6.07) is 20.9. The third-order valence-electron chi connectivity index (χ3n) is 6.16. The van der Waals surface area contributed by atoms with E-state index >= 15 is 0 Å². The van der Waals surface area contributed by atoms with Gasteiger partial charge in [-0.25, -0.2) is 8.42 Å². The molecule has 208 valence electrons. The molecule has 0 aliphatic carbocycles. The summed E-state index contributed by atoms with van der Waals surface area (Å²) in [7, 11) is -1.13. The third-order valence-corrected chi connectivity index (χ3v) is 7.94. The van der Waals surface area contributed by atoms with Crippen molar-refractivity contribution in [2.24, 2.45) is 0 Å². The average molecular weight is 554 g/mol. The van der Waals surface area contributed by atoms with Gasteiger partial charge in [0.1, 0.15) is 24.1 Å². The smallest absolute Gasteiger partial charge is 0.264 e. The number of amides is 2. The Hall–Kier alpha value is -4.05. The zero-order valence-electron chi connectivity index (χ0n) is 22.7. The van der Waals surface area contributed by atoms with Crippen molar-refractivity contribution >= 4 is 27.5 Å². The van der Waals surface area contributed by atoms with Crippen molar-refractivity contribution in [2.75, 3.05) is 31.6 Å². The van der Waals surface area contributed by atoms with E-state index in [1.165, 1.54) is 24.1 Å². The fourth-order valence-electron chi connectivity index (χ4n) is 4.23. The Bertz CT molecular complexity index is 1360. The van der Waals surface area contributed by atoms with Crippen LogP contribution < -0.4 is 19.1 Å². The van der Waals surface area contributed by atoms with Gasteiger partial charge in [0.15, 0.2) is 0 Å². The van der Waals surface area contributed by atoms with Gasteiger partial charge >= 0.3 is 0 Å². The molecule has 0 saturated carbocycles. The van der Waals surface area contributed by atoms with E-state index in [1.807, 2.05) is 6.07 Å². The maximum absolute atomic E-state index is 14.0. The predicted molar refractivity (Wildman–Crippen MR) is 150 cm³/mol. The molecule has 9 nitrogen and oxygen atoms in total. The number of rotatable bonds is 13. The standard InChI is InChI=1S/C29H35N3O6S/c1-5-25(29(34)30-3)31(20-22-13-12-14-23(19-22)37-4)28(33)21-32(26-17-10-11-18-27(26)38-6-2)39(35,36)24-15-8-7-9-16-24/h7-19,25H,5-6,20-21H2,1-4H3,(H,30,34)/t25-/m1/s1. The Labute approximate surface area is 230 Å². The number of nitrogens with zero attached hydrogens (tertiary/aromatic N) is 2. The van der Waals surface area contributed by atoms with Crippen molar-refractivity contribution in [3.63, 3.8) is 0 Å². The van der Waals surface area contributed by atoms with E-state index in [4.69, 9.17) is 9.47 Å². The number of ether oxygens (including phenoxy) is 2. The first kappa shape index (κ1) is 29.5. The van der Waals surface area contributed by atoms with E-state index in [9.17, 15) is 18.0 Å². The van der Waals surface area contributed by atoms with Gasteiger partial charge in [0.2, 0.25) is 11.8 Å². The molecule has 0 heterocycles. The van der Waals surface area contributed by atoms with Crippen LogP contribution in [0, 0.1) is 0 Å². The molecule has 0 aliphatic rings. The van der Waals surface area contributed by atoms with E-state index in [-0.39, 0.29) is 23.0 Å². The third kappa shape index (κ3) is 7.08. The van der Waals surface area contributed by atoms with Gasteiger partial charge in [-0.1, -0.05) is 49.4 Å². The number of anilines is 1. The second-order valence-corrected chi connectivity index (χ2v) is 10.5. The molecule has 0 spiro atoms. The second kappa shape index (κ2) is 13.7. The lowest BCUT2D eigenvalue weighted by atomic mass is 10.1. The molecule has 39 heavy (non-hydrogen) atoms. The van der Waals surface area contributed by atoms with Crippen LogP contribution in [0.25, 0.3) is 0 Å². The van der Waals surface area contributed by atoms with Gasteiger partial charge in [0.25, 0.3) is 10.0 Å². The highest BCUT2D eigenvalue weighted by Gasteiger charge is 2.34. The van der Waals surface area contributed by atoms with Crippen LogP contribution in [0.5, 0.6) is 11.5 Å². The zero-order chi connectivity index (χ0) is 28.4.